The van der Waals surface area contributed by atoms with Crippen molar-refractivity contribution < 1.29 is 32.9 Å². The number of carbonyl (C=O) groups excluding carboxylic acids is 2. The first-order valence-corrected chi connectivity index (χ1v) is 12.7. The monoisotopic (exact) mass is 539 g/mol. The van der Waals surface area contributed by atoms with E-state index >= 15 is 0 Å². The van der Waals surface area contributed by atoms with E-state index in [9.17, 15) is 14.0 Å². The number of esters is 1. The van der Waals surface area contributed by atoms with Gasteiger partial charge in [0.25, 0.3) is 5.91 Å². The number of carbonyl (C=O) groups is 2. The smallest absolute Gasteiger partial charge is 0.317 e. The lowest BCUT2D eigenvalue weighted by Crippen LogP contribution is -2.53. The van der Waals surface area contributed by atoms with Gasteiger partial charge in [-0.15, -0.1) is 0 Å². The SMILES string of the molecule is COc1nccc(-c2[nH]c(C3OCC(C)(C(=O)OC4(C(N)=O)CCCCC4)CO3)nc2-c2ccc(F)cc2)n1. The Hall–Kier alpha value is -3.90. The minimum absolute atomic E-state index is 0.0331. The second-order valence-electron chi connectivity index (χ2n) is 10.1. The number of nitrogens with two attached hydrogens (primary N) is 1. The topological polar surface area (TPSA) is 152 Å². The van der Waals surface area contributed by atoms with Crippen molar-refractivity contribution >= 4 is 11.9 Å². The van der Waals surface area contributed by atoms with Gasteiger partial charge in [-0.2, -0.15) is 4.98 Å². The van der Waals surface area contributed by atoms with Gasteiger partial charge in [0, 0.05) is 11.8 Å². The largest absolute Gasteiger partial charge is 0.467 e. The fourth-order valence-corrected chi connectivity index (χ4v) is 4.79. The van der Waals surface area contributed by atoms with Crippen LogP contribution in [0.25, 0.3) is 22.6 Å². The molecule has 1 aliphatic carbocycles. The minimum atomic E-state index is -1.30. The number of imidazole rings is 1. The van der Waals surface area contributed by atoms with Crippen molar-refractivity contribution in [1.82, 2.24) is 19.9 Å². The number of nitrogens with one attached hydrogen (secondary N) is 1. The van der Waals surface area contributed by atoms with Gasteiger partial charge in [-0.1, -0.05) is 6.42 Å². The maximum absolute atomic E-state index is 13.6. The van der Waals surface area contributed by atoms with E-state index in [1.165, 1.54) is 19.2 Å². The fourth-order valence-electron chi connectivity index (χ4n) is 4.79. The molecule has 1 saturated carbocycles. The van der Waals surface area contributed by atoms with Gasteiger partial charge in [-0.25, -0.2) is 14.4 Å². The highest BCUT2D eigenvalue weighted by Crippen LogP contribution is 2.38. The predicted octanol–water partition coefficient (Wildman–Crippen LogP) is 3.46. The molecule has 3 heterocycles. The lowest BCUT2D eigenvalue weighted by atomic mass is 9.83. The molecule has 0 radical (unpaired) electrons. The zero-order valence-electron chi connectivity index (χ0n) is 21.7. The Labute approximate surface area is 224 Å². The Balaban J connectivity index is 1.37. The van der Waals surface area contributed by atoms with E-state index in [0.29, 0.717) is 41.3 Å². The molecule has 3 aromatic rings. The number of H-pyrrole nitrogens is 1. The third kappa shape index (κ3) is 5.34. The van der Waals surface area contributed by atoms with E-state index in [4.69, 9.17) is 24.7 Å². The number of hydrogen-bond acceptors (Lipinski definition) is 9. The van der Waals surface area contributed by atoms with Crippen LogP contribution in [0.5, 0.6) is 6.01 Å². The summed E-state index contributed by atoms with van der Waals surface area (Å²) < 4.78 is 36.4. The summed E-state index contributed by atoms with van der Waals surface area (Å²) in [6, 6.07) is 7.73. The van der Waals surface area contributed by atoms with Crippen LogP contribution in [0.1, 0.15) is 51.1 Å². The average Bonchev–Trinajstić information content (AvgIpc) is 3.40. The van der Waals surface area contributed by atoms with Gasteiger partial charge in [0.15, 0.2) is 11.4 Å². The van der Waals surface area contributed by atoms with Crippen molar-refractivity contribution in [1.29, 1.82) is 0 Å². The molecule has 0 bridgehead atoms. The first kappa shape index (κ1) is 26.7. The summed E-state index contributed by atoms with van der Waals surface area (Å²) in [6.07, 6.45) is 3.92. The van der Waals surface area contributed by atoms with Crippen LogP contribution < -0.4 is 10.5 Å². The number of ether oxygens (including phenoxy) is 4. The van der Waals surface area contributed by atoms with E-state index in [2.05, 4.69) is 19.9 Å². The molecule has 12 heteroatoms. The van der Waals surface area contributed by atoms with E-state index in [0.717, 1.165) is 19.3 Å². The number of amides is 1. The quantitative estimate of drug-likeness (QED) is 0.430. The Bertz CT molecular complexity index is 1350. The van der Waals surface area contributed by atoms with Crippen LogP contribution in [0, 0.1) is 11.2 Å². The second-order valence-corrected chi connectivity index (χ2v) is 10.1. The zero-order chi connectivity index (χ0) is 27.6. The predicted molar refractivity (Wildman–Crippen MR) is 135 cm³/mol. The summed E-state index contributed by atoms with van der Waals surface area (Å²) in [5, 5.41) is 0. The highest BCUT2D eigenvalue weighted by atomic mass is 19.1. The number of rotatable bonds is 7. The van der Waals surface area contributed by atoms with Crippen LogP contribution in [0.4, 0.5) is 4.39 Å². The molecular formula is C27H30FN5O6. The number of aromatic nitrogens is 4. The maximum atomic E-state index is 13.6. The summed E-state index contributed by atoms with van der Waals surface area (Å²) >= 11 is 0. The summed E-state index contributed by atoms with van der Waals surface area (Å²) in [6.45, 7) is 1.59. The van der Waals surface area contributed by atoms with Gasteiger partial charge in [0.1, 0.15) is 11.2 Å². The van der Waals surface area contributed by atoms with Crippen LogP contribution in [0.3, 0.4) is 0 Å². The molecular weight excluding hydrogens is 509 g/mol. The Morgan fingerprint density at radius 1 is 1.08 bits per heavy atom. The Morgan fingerprint density at radius 3 is 2.41 bits per heavy atom. The Morgan fingerprint density at radius 2 is 1.77 bits per heavy atom. The van der Waals surface area contributed by atoms with Crippen molar-refractivity contribution in [3.63, 3.8) is 0 Å². The van der Waals surface area contributed by atoms with E-state index in [-0.39, 0.29) is 25.0 Å². The number of aromatic amines is 1. The summed E-state index contributed by atoms with van der Waals surface area (Å²) in [4.78, 5) is 41.7. The maximum Gasteiger partial charge on any atom is 0.317 e. The minimum Gasteiger partial charge on any atom is -0.467 e. The van der Waals surface area contributed by atoms with Crippen LogP contribution in [-0.4, -0.2) is 57.7 Å². The standard InChI is InChI=1S/C27H30FN5O6/c1-26(24(35)39-27(23(29)34)11-4-3-5-12-27)14-37-22(38-15-26)21-32-19(16-6-8-17(28)9-7-16)20(33-21)18-10-13-30-25(31-18)36-2/h6-10,13,22H,3-5,11-12,14-15H2,1-2H3,(H2,29,34)(H,32,33). The average molecular weight is 540 g/mol. The molecule has 0 spiro atoms. The number of methoxy groups -OCH3 is 1. The van der Waals surface area contributed by atoms with Crippen LogP contribution >= 0.6 is 0 Å². The summed E-state index contributed by atoms with van der Waals surface area (Å²) in [5.74, 6) is -1.27. The number of halogens is 1. The van der Waals surface area contributed by atoms with Crippen molar-refractivity contribution in [3.05, 3.63) is 48.2 Å². The number of hydrogen-bond donors (Lipinski definition) is 2. The van der Waals surface area contributed by atoms with E-state index < -0.39 is 29.2 Å². The van der Waals surface area contributed by atoms with Crippen molar-refractivity contribution in [3.8, 4) is 28.7 Å². The third-order valence-electron chi connectivity index (χ3n) is 7.13. The van der Waals surface area contributed by atoms with Gasteiger partial charge in [-0.3, -0.25) is 9.59 Å². The lowest BCUT2D eigenvalue weighted by molar-refractivity contribution is -0.243. The first-order chi connectivity index (χ1) is 18.7. The molecule has 2 aromatic heterocycles. The molecule has 1 saturated heterocycles. The molecule has 11 nitrogen and oxygen atoms in total. The van der Waals surface area contributed by atoms with Crippen molar-refractivity contribution in [2.75, 3.05) is 20.3 Å². The summed E-state index contributed by atoms with van der Waals surface area (Å²) in [7, 11) is 1.46. The van der Waals surface area contributed by atoms with Crippen molar-refractivity contribution in [2.24, 2.45) is 11.1 Å². The molecule has 0 unspecified atom stereocenters. The van der Waals surface area contributed by atoms with E-state index in [1.807, 2.05) is 0 Å². The highest BCUT2D eigenvalue weighted by Gasteiger charge is 2.48. The van der Waals surface area contributed by atoms with Gasteiger partial charge < -0.3 is 29.7 Å². The van der Waals surface area contributed by atoms with Gasteiger partial charge in [0.2, 0.25) is 6.29 Å². The molecule has 5 rings (SSSR count). The molecule has 3 N–H and O–H groups in total. The van der Waals surface area contributed by atoms with E-state index in [1.54, 1.807) is 31.3 Å². The molecule has 1 aliphatic heterocycles. The van der Waals surface area contributed by atoms with Gasteiger partial charge in [0.05, 0.1) is 37.4 Å². The van der Waals surface area contributed by atoms with Gasteiger partial charge >= 0.3 is 12.0 Å². The number of primary amides is 1. The summed E-state index contributed by atoms with van der Waals surface area (Å²) in [5.41, 5.74) is 5.34. The van der Waals surface area contributed by atoms with Crippen LogP contribution in [-0.2, 0) is 23.8 Å². The molecule has 2 aliphatic rings. The molecule has 39 heavy (non-hydrogen) atoms. The first-order valence-electron chi connectivity index (χ1n) is 12.7. The zero-order valence-corrected chi connectivity index (χ0v) is 21.7. The second kappa shape index (κ2) is 10.7. The van der Waals surface area contributed by atoms with Crippen LogP contribution in [0.2, 0.25) is 0 Å². The molecule has 0 atom stereocenters. The molecule has 206 valence electrons. The van der Waals surface area contributed by atoms with Gasteiger partial charge in [-0.05, 0) is 62.9 Å². The number of benzene rings is 1. The Kier molecular flexibility index (Phi) is 7.32. The molecule has 1 aromatic carbocycles. The number of nitrogens with zero attached hydrogens (tertiary/aromatic N) is 3. The fraction of sp³-hybridized carbons (Fsp3) is 0.444. The van der Waals surface area contributed by atoms with Crippen molar-refractivity contribution in [2.45, 2.75) is 50.9 Å². The van der Waals surface area contributed by atoms with Crippen LogP contribution in [0.15, 0.2) is 36.5 Å². The molecule has 2 fully saturated rings. The lowest BCUT2D eigenvalue weighted by Gasteiger charge is -2.39. The third-order valence-corrected chi connectivity index (χ3v) is 7.13. The highest BCUT2D eigenvalue weighted by molar-refractivity contribution is 5.88. The normalized spacial score (nSPS) is 22.7. The molecule has 1 amide bonds.